The third-order valence-electron chi connectivity index (χ3n) is 3.08. The Bertz CT molecular complexity index is 614. The molecule has 0 amide bonds. The van der Waals surface area contributed by atoms with Gasteiger partial charge >= 0.3 is 0 Å². The summed E-state index contributed by atoms with van der Waals surface area (Å²) in [6.45, 7) is 8.55. The summed E-state index contributed by atoms with van der Waals surface area (Å²) in [6, 6.07) is 4.32. The van der Waals surface area contributed by atoms with Crippen molar-refractivity contribution in [2.75, 3.05) is 0 Å². The Morgan fingerprint density at radius 2 is 1.78 bits per heavy atom. The van der Waals surface area contributed by atoms with E-state index < -0.39 is 0 Å². The summed E-state index contributed by atoms with van der Waals surface area (Å²) in [6.07, 6.45) is 2.00. The fraction of sp³-hybridized carbons (Fsp3) is 0.357. The fourth-order valence-corrected chi connectivity index (χ4v) is 2.62. The van der Waals surface area contributed by atoms with Crippen molar-refractivity contribution in [3.63, 3.8) is 0 Å². The summed E-state index contributed by atoms with van der Waals surface area (Å²) in [5, 5.41) is 0. The lowest BCUT2D eigenvalue weighted by Gasteiger charge is -2.13. The summed E-state index contributed by atoms with van der Waals surface area (Å²) in [5.74, 6) is 0.433. The number of H-pyrrole nitrogens is 1. The average Bonchev–Trinajstić information content (AvgIpc) is 2.67. The SMILES string of the molecule is Cc1cc(-n2c(C(C)C)c[nH]c2=S)cc(C)c1Br. The molecule has 1 heterocycles. The second kappa shape index (κ2) is 5.02. The third kappa shape index (κ3) is 2.31. The monoisotopic (exact) mass is 324 g/mol. The van der Waals surface area contributed by atoms with Crippen LogP contribution in [0, 0.1) is 18.6 Å². The van der Waals surface area contributed by atoms with Gasteiger partial charge in [-0.2, -0.15) is 0 Å². The minimum Gasteiger partial charge on any atom is -0.337 e. The van der Waals surface area contributed by atoms with Crippen LogP contribution in [-0.4, -0.2) is 9.55 Å². The average molecular weight is 325 g/mol. The summed E-state index contributed by atoms with van der Waals surface area (Å²) >= 11 is 8.99. The molecule has 0 aliphatic heterocycles. The van der Waals surface area contributed by atoms with E-state index in [1.165, 1.54) is 21.3 Å². The van der Waals surface area contributed by atoms with Gasteiger partial charge in [0.05, 0.1) is 0 Å². The summed E-state index contributed by atoms with van der Waals surface area (Å²) in [5.41, 5.74) is 4.79. The topological polar surface area (TPSA) is 20.7 Å². The van der Waals surface area contributed by atoms with E-state index in [1.54, 1.807) is 0 Å². The van der Waals surface area contributed by atoms with E-state index in [4.69, 9.17) is 12.2 Å². The number of aryl methyl sites for hydroxylation is 2. The highest BCUT2D eigenvalue weighted by Gasteiger charge is 2.11. The smallest absolute Gasteiger partial charge is 0.182 e. The molecule has 1 N–H and O–H groups in total. The Hall–Kier alpha value is -0.870. The fourth-order valence-electron chi connectivity index (χ4n) is 2.13. The van der Waals surface area contributed by atoms with Gasteiger partial charge in [0.15, 0.2) is 4.77 Å². The molecule has 2 nitrogen and oxygen atoms in total. The predicted molar refractivity (Wildman–Crippen MR) is 82.2 cm³/mol. The first-order valence-electron chi connectivity index (χ1n) is 5.99. The first kappa shape index (κ1) is 13.6. The van der Waals surface area contributed by atoms with Crippen molar-refractivity contribution in [3.8, 4) is 5.69 Å². The molecule has 0 atom stereocenters. The molecule has 0 fully saturated rings. The zero-order valence-corrected chi connectivity index (χ0v) is 13.4. The van der Waals surface area contributed by atoms with Gasteiger partial charge in [-0.05, 0) is 55.2 Å². The van der Waals surface area contributed by atoms with Crippen molar-refractivity contribution in [3.05, 3.63) is 44.4 Å². The van der Waals surface area contributed by atoms with Crippen molar-refractivity contribution < 1.29 is 0 Å². The molecule has 2 aromatic rings. The van der Waals surface area contributed by atoms with Gasteiger partial charge in [-0.25, -0.2) is 0 Å². The van der Waals surface area contributed by atoms with Gasteiger partial charge in [-0.15, -0.1) is 0 Å². The molecule has 4 heteroatoms. The maximum atomic E-state index is 5.39. The molecule has 96 valence electrons. The number of imidazole rings is 1. The minimum atomic E-state index is 0.433. The van der Waals surface area contributed by atoms with Crippen molar-refractivity contribution >= 4 is 28.1 Å². The first-order valence-corrected chi connectivity index (χ1v) is 7.19. The number of nitrogens with one attached hydrogen (secondary N) is 1. The van der Waals surface area contributed by atoms with Gasteiger partial charge in [-0.3, -0.25) is 4.57 Å². The quantitative estimate of drug-likeness (QED) is 0.767. The van der Waals surface area contributed by atoms with Gasteiger partial charge in [-0.1, -0.05) is 29.8 Å². The highest BCUT2D eigenvalue weighted by atomic mass is 79.9. The Kier molecular flexibility index (Phi) is 3.78. The lowest BCUT2D eigenvalue weighted by molar-refractivity contribution is 0.783. The molecule has 2 rings (SSSR count). The van der Waals surface area contributed by atoms with Crippen LogP contribution in [0.15, 0.2) is 22.8 Å². The molecular formula is C14H17BrN2S. The minimum absolute atomic E-state index is 0.433. The van der Waals surface area contributed by atoms with E-state index in [0.29, 0.717) is 5.92 Å². The standard InChI is InChI=1S/C14H17BrN2S/c1-8(2)12-7-16-14(18)17(12)11-5-9(3)13(15)10(4)6-11/h5-8H,1-4H3,(H,16,18). The predicted octanol–water partition coefficient (Wildman–Crippen LogP) is 5.04. The van der Waals surface area contributed by atoms with Gasteiger partial charge < -0.3 is 4.98 Å². The number of nitrogens with zero attached hydrogens (tertiary/aromatic N) is 1. The van der Waals surface area contributed by atoms with Crippen molar-refractivity contribution in [1.29, 1.82) is 0 Å². The van der Waals surface area contributed by atoms with Gasteiger partial charge in [0.1, 0.15) is 0 Å². The van der Waals surface area contributed by atoms with Gasteiger partial charge in [0.25, 0.3) is 0 Å². The second-order valence-corrected chi connectivity index (χ2v) is 6.08. The molecule has 1 aromatic carbocycles. The molecule has 0 saturated heterocycles. The normalized spacial score (nSPS) is 11.2. The van der Waals surface area contributed by atoms with Crippen LogP contribution >= 0.6 is 28.1 Å². The lowest BCUT2D eigenvalue weighted by Crippen LogP contribution is -2.03. The lowest BCUT2D eigenvalue weighted by atomic mass is 10.1. The van der Waals surface area contributed by atoms with Gasteiger partial charge in [0, 0.05) is 22.1 Å². The van der Waals surface area contributed by atoms with E-state index in [9.17, 15) is 0 Å². The van der Waals surface area contributed by atoms with Gasteiger partial charge in [0.2, 0.25) is 0 Å². The van der Waals surface area contributed by atoms with E-state index in [-0.39, 0.29) is 0 Å². The highest BCUT2D eigenvalue weighted by molar-refractivity contribution is 9.10. The molecular weight excluding hydrogens is 308 g/mol. The molecule has 0 saturated carbocycles. The Morgan fingerprint density at radius 3 is 2.28 bits per heavy atom. The Morgan fingerprint density at radius 1 is 1.22 bits per heavy atom. The third-order valence-corrected chi connectivity index (χ3v) is 4.63. The number of rotatable bonds is 2. The number of halogens is 1. The number of hydrogen-bond acceptors (Lipinski definition) is 1. The summed E-state index contributed by atoms with van der Waals surface area (Å²) in [4.78, 5) is 3.14. The molecule has 0 aliphatic carbocycles. The highest BCUT2D eigenvalue weighted by Crippen LogP contribution is 2.27. The molecule has 18 heavy (non-hydrogen) atoms. The molecule has 0 radical (unpaired) electrons. The van der Waals surface area contributed by atoms with E-state index in [0.717, 1.165) is 10.5 Å². The Labute approximate surface area is 121 Å². The van der Waals surface area contributed by atoms with E-state index in [2.05, 4.69) is 65.3 Å². The summed E-state index contributed by atoms with van der Waals surface area (Å²) in [7, 11) is 0. The number of benzene rings is 1. The largest absolute Gasteiger partial charge is 0.337 e. The van der Waals surface area contributed by atoms with Crippen LogP contribution in [0.1, 0.15) is 36.6 Å². The maximum Gasteiger partial charge on any atom is 0.182 e. The van der Waals surface area contributed by atoms with Crippen molar-refractivity contribution in [2.24, 2.45) is 0 Å². The van der Waals surface area contributed by atoms with Crippen molar-refractivity contribution in [1.82, 2.24) is 9.55 Å². The summed E-state index contributed by atoms with van der Waals surface area (Å²) < 4.78 is 4.03. The number of aromatic nitrogens is 2. The van der Waals surface area contributed by atoms with Crippen LogP contribution in [0.25, 0.3) is 5.69 Å². The van der Waals surface area contributed by atoms with Crippen molar-refractivity contribution in [2.45, 2.75) is 33.6 Å². The Balaban J connectivity index is 2.70. The maximum absolute atomic E-state index is 5.39. The van der Waals surface area contributed by atoms with Crippen LogP contribution in [0.2, 0.25) is 0 Å². The molecule has 0 unspecified atom stereocenters. The van der Waals surface area contributed by atoms with Crippen LogP contribution in [0.4, 0.5) is 0 Å². The zero-order chi connectivity index (χ0) is 13.4. The van der Waals surface area contributed by atoms with Crippen LogP contribution < -0.4 is 0 Å². The molecule has 1 aromatic heterocycles. The zero-order valence-electron chi connectivity index (χ0n) is 11.0. The van der Waals surface area contributed by atoms with E-state index in [1.807, 2.05) is 6.20 Å². The first-order chi connectivity index (χ1) is 8.41. The second-order valence-electron chi connectivity index (χ2n) is 4.90. The molecule has 0 spiro atoms. The van der Waals surface area contributed by atoms with E-state index >= 15 is 0 Å². The number of aromatic amines is 1. The number of hydrogen-bond donors (Lipinski definition) is 1. The molecule has 0 aliphatic rings. The van der Waals surface area contributed by atoms with Crippen LogP contribution in [0.3, 0.4) is 0 Å². The molecule has 0 bridgehead atoms. The van der Waals surface area contributed by atoms with Crippen LogP contribution in [-0.2, 0) is 0 Å². The van der Waals surface area contributed by atoms with Crippen LogP contribution in [0.5, 0.6) is 0 Å².